The highest BCUT2D eigenvalue weighted by Crippen LogP contribution is 2.24. The van der Waals surface area contributed by atoms with Crippen LogP contribution in [0.4, 0.5) is 4.39 Å². The third-order valence-electron chi connectivity index (χ3n) is 4.89. The number of hydrogen-bond donors (Lipinski definition) is 1. The van der Waals surface area contributed by atoms with Gasteiger partial charge in [-0.05, 0) is 48.6 Å². The van der Waals surface area contributed by atoms with Crippen LogP contribution >= 0.6 is 12.4 Å². The number of benzene rings is 2. The van der Waals surface area contributed by atoms with Crippen molar-refractivity contribution in [1.82, 2.24) is 4.90 Å². The number of hydrogen-bond acceptors (Lipinski definition) is 3. The Hall–Kier alpha value is -2.11. The molecular weight excluding hydrogens is 367 g/mol. The molecule has 1 amide bonds. The number of amides is 1. The lowest BCUT2D eigenvalue weighted by Gasteiger charge is -2.38. The maximum Gasteiger partial charge on any atom is 0.254 e. The van der Waals surface area contributed by atoms with Gasteiger partial charge in [-0.3, -0.25) is 4.79 Å². The molecule has 0 aromatic heterocycles. The zero-order chi connectivity index (χ0) is 18.5. The number of nitrogens with two attached hydrogens (primary N) is 1. The van der Waals surface area contributed by atoms with Crippen LogP contribution in [0.5, 0.6) is 5.75 Å². The van der Waals surface area contributed by atoms with E-state index in [2.05, 4.69) is 6.92 Å². The fraction of sp³-hybridized carbons (Fsp3) is 0.381. The van der Waals surface area contributed by atoms with Crippen molar-refractivity contribution in [2.45, 2.75) is 32.4 Å². The summed E-state index contributed by atoms with van der Waals surface area (Å²) in [5, 5.41) is 0. The van der Waals surface area contributed by atoms with Gasteiger partial charge in [0.2, 0.25) is 0 Å². The standard InChI is InChI=1S/C21H25FN2O2.ClH/c1-15-8-9-24(19(10-15)13-23)21(25)17-5-2-4-16(11-17)14-26-20-7-3-6-18(22)12-20;/h2-7,11-12,15,19H,8-10,13-14,23H2,1H3;1H. The molecule has 27 heavy (non-hydrogen) atoms. The number of halogens is 2. The Labute approximate surface area is 165 Å². The number of likely N-dealkylation sites (tertiary alicyclic amines) is 1. The van der Waals surface area contributed by atoms with Crippen molar-refractivity contribution in [2.24, 2.45) is 11.7 Å². The minimum atomic E-state index is -0.335. The summed E-state index contributed by atoms with van der Waals surface area (Å²) in [5.74, 6) is 0.743. The van der Waals surface area contributed by atoms with Crippen molar-refractivity contribution in [2.75, 3.05) is 13.1 Å². The molecule has 1 aliphatic heterocycles. The van der Waals surface area contributed by atoms with Crippen LogP contribution in [0.25, 0.3) is 0 Å². The van der Waals surface area contributed by atoms with E-state index in [4.69, 9.17) is 10.5 Å². The molecule has 0 radical (unpaired) electrons. The van der Waals surface area contributed by atoms with Crippen LogP contribution in [0.1, 0.15) is 35.7 Å². The van der Waals surface area contributed by atoms with Crippen molar-refractivity contribution >= 4 is 18.3 Å². The molecule has 2 N–H and O–H groups in total. The monoisotopic (exact) mass is 392 g/mol. The van der Waals surface area contributed by atoms with Crippen LogP contribution in [-0.4, -0.2) is 29.9 Å². The molecule has 3 rings (SSSR count). The lowest BCUT2D eigenvalue weighted by molar-refractivity contribution is 0.0573. The number of piperidine rings is 1. The summed E-state index contributed by atoms with van der Waals surface area (Å²) >= 11 is 0. The quantitative estimate of drug-likeness (QED) is 0.835. The first-order chi connectivity index (χ1) is 12.6. The predicted molar refractivity (Wildman–Crippen MR) is 107 cm³/mol. The van der Waals surface area contributed by atoms with Gasteiger partial charge >= 0.3 is 0 Å². The maximum absolute atomic E-state index is 13.2. The van der Waals surface area contributed by atoms with Gasteiger partial charge in [0.05, 0.1) is 0 Å². The van der Waals surface area contributed by atoms with E-state index in [0.717, 1.165) is 24.9 Å². The van der Waals surface area contributed by atoms with E-state index in [9.17, 15) is 9.18 Å². The molecule has 0 saturated carbocycles. The van der Waals surface area contributed by atoms with E-state index >= 15 is 0 Å². The Balaban J connectivity index is 0.00000261. The predicted octanol–water partition coefficient (Wildman–Crippen LogP) is 4.03. The maximum atomic E-state index is 13.2. The molecule has 2 aromatic carbocycles. The van der Waals surface area contributed by atoms with Gasteiger partial charge in [-0.15, -0.1) is 12.4 Å². The van der Waals surface area contributed by atoms with Gasteiger partial charge in [0.25, 0.3) is 5.91 Å². The Morgan fingerprint density at radius 2 is 2.04 bits per heavy atom. The van der Waals surface area contributed by atoms with E-state index in [-0.39, 0.29) is 36.8 Å². The Morgan fingerprint density at radius 1 is 1.26 bits per heavy atom. The summed E-state index contributed by atoms with van der Waals surface area (Å²) in [5.41, 5.74) is 7.39. The average Bonchev–Trinajstić information content (AvgIpc) is 2.66. The second kappa shape index (κ2) is 9.72. The zero-order valence-corrected chi connectivity index (χ0v) is 16.3. The topological polar surface area (TPSA) is 55.6 Å². The average molecular weight is 393 g/mol. The fourth-order valence-electron chi connectivity index (χ4n) is 3.43. The summed E-state index contributed by atoms with van der Waals surface area (Å²) in [7, 11) is 0. The number of ether oxygens (including phenoxy) is 1. The minimum absolute atomic E-state index is 0. The second-order valence-corrected chi connectivity index (χ2v) is 6.96. The van der Waals surface area contributed by atoms with Crippen molar-refractivity contribution in [3.05, 3.63) is 65.5 Å². The summed E-state index contributed by atoms with van der Waals surface area (Å²) in [6.45, 7) is 3.71. The normalized spacial score (nSPS) is 19.3. The molecule has 4 nitrogen and oxygen atoms in total. The zero-order valence-electron chi connectivity index (χ0n) is 15.4. The number of carbonyl (C=O) groups is 1. The Kier molecular flexibility index (Phi) is 7.63. The van der Waals surface area contributed by atoms with Crippen LogP contribution in [-0.2, 0) is 6.61 Å². The van der Waals surface area contributed by atoms with Gasteiger partial charge in [0.1, 0.15) is 18.2 Å². The highest BCUT2D eigenvalue weighted by molar-refractivity contribution is 5.94. The summed E-state index contributed by atoms with van der Waals surface area (Å²) in [6.07, 6.45) is 1.95. The van der Waals surface area contributed by atoms with Gasteiger partial charge in [-0.1, -0.05) is 25.1 Å². The molecule has 2 unspecified atom stereocenters. The molecule has 1 saturated heterocycles. The molecule has 0 bridgehead atoms. The number of nitrogens with zero attached hydrogens (tertiary/aromatic N) is 1. The fourth-order valence-corrected chi connectivity index (χ4v) is 3.43. The second-order valence-electron chi connectivity index (χ2n) is 6.96. The van der Waals surface area contributed by atoms with Crippen molar-refractivity contribution in [3.63, 3.8) is 0 Å². The van der Waals surface area contributed by atoms with E-state index in [1.54, 1.807) is 12.1 Å². The molecule has 2 atom stereocenters. The molecule has 1 fully saturated rings. The van der Waals surface area contributed by atoms with Crippen molar-refractivity contribution in [1.29, 1.82) is 0 Å². The van der Waals surface area contributed by atoms with Crippen LogP contribution < -0.4 is 10.5 Å². The lowest BCUT2D eigenvalue weighted by atomic mass is 9.92. The summed E-state index contributed by atoms with van der Waals surface area (Å²) < 4.78 is 18.9. The molecule has 1 aliphatic rings. The number of carbonyl (C=O) groups excluding carboxylic acids is 1. The molecule has 0 spiro atoms. The molecule has 2 aromatic rings. The first-order valence-electron chi connectivity index (χ1n) is 9.05. The third-order valence-corrected chi connectivity index (χ3v) is 4.89. The van der Waals surface area contributed by atoms with Crippen LogP contribution in [0.2, 0.25) is 0 Å². The first kappa shape index (κ1) is 21.2. The Bertz CT molecular complexity index is 771. The molecule has 0 aliphatic carbocycles. The van der Waals surface area contributed by atoms with E-state index in [0.29, 0.717) is 23.8 Å². The molecule has 6 heteroatoms. The van der Waals surface area contributed by atoms with Gasteiger partial charge in [-0.25, -0.2) is 4.39 Å². The summed E-state index contributed by atoms with van der Waals surface area (Å²) in [4.78, 5) is 14.8. The summed E-state index contributed by atoms with van der Waals surface area (Å²) in [6, 6.07) is 13.5. The highest BCUT2D eigenvalue weighted by atomic mass is 35.5. The highest BCUT2D eigenvalue weighted by Gasteiger charge is 2.29. The molecule has 146 valence electrons. The van der Waals surface area contributed by atoms with E-state index in [1.165, 1.54) is 12.1 Å². The van der Waals surface area contributed by atoms with E-state index < -0.39 is 0 Å². The Morgan fingerprint density at radius 3 is 2.78 bits per heavy atom. The lowest BCUT2D eigenvalue weighted by Crippen LogP contribution is -2.49. The van der Waals surface area contributed by atoms with Gasteiger partial charge in [0.15, 0.2) is 0 Å². The van der Waals surface area contributed by atoms with E-state index in [1.807, 2.05) is 29.2 Å². The molecule has 1 heterocycles. The van der Waals surface area contributed by atoms with Gasteiger partial charge in [-0.2, -0.15) is 0 Å². The van der Waals surface area contributed by atoms with Gasteiger partial charge in [0, 0.05) is 30.8 Å². The van der Waals surface area contributed by atoms with Crippen LogP contribution in [0.15, 0.2) is 48.5 Å². The van der Waals surface area contributed by atoms with Crippen LogP contribution in [0, 0.1) is 11.7 Å². The van der Waals surface area contributed by atoms with Crippen molar-refractivity contribution < 1.29 is 13.9 Å². The van der Waals surface area contributed by atoms with Crippen LogP contribution in [0.3, 0.4) is 0 Å². The largest absolute Gasteiger partial charge is 0.489 e. The first-order valence-corrected chi connectivity index (χ1v) is 9.05. The van der Waals surface area contributed by atoms with Gasteiger partial charge < -0.3 is 15.4 Å². The minimum Gasteiger partial charge on any atom is -0.489 e. The molecular formula is C21H26ClFN2O2. The number of rotatable bonds is 5. The smallest absolute Gasteiger partial charge is 0.254 e. The SMILES string of the molecule is CC1CCN(C(=O)c2cccc(COc3cccc(F)c3)c2)C(CN)C1.Cl. The third kappa shape index (κ3) is 5.44. The van der Waals surface area contributed by atoms with Crippen molar-refractivity contribution in [3.8, 4) is 5.75 Å².